The van der Waals surface area contributed by atoms with Gasteiger partial charge in [0.05, 0.1) is 11.9 Å². The Bertz CT molecular complexity index is 1050. The second-order valence-electron chi connectivity index (χ2n) is 8.18. The second-order valence-corrected chi connectivity index (χ2v) is 8.18. The van der Waals surface area contributed by atoms with Gasteiger partial charge in [-0.15, -0.1) is 0 Å². The first-order valence-electron chi connectivity index (χ1n) is 10.8. The number of anilines is 1. The van der Waals surface area contributed by atoms with Gasteiger partial charge in [-0.25, -0.2) is 4.68 Å². The van der Waals surface area contributed by atoms with E-state index in [-0.39, 0.29) is 18.4 Å². The summed E-state index contributed by atoms with van der Waals surface area (Å²) in [5, 5.41) is 4.31. The zero-order chi connectivity index (χ0) is 21.8. The van der Waals surface area contributed by atoms with Gasteiger partial charge in [-0.3, -0.25) is 14.5 Å². The molecule has 0 bridgehead atoms. The smallest absolute Gasteiger partial charge is 0.258 e. The maximum atomic E-state index is 13.4. The van der Waals surface area contributed by atoms with E-state index in [1.165, 1.54) is 0 Å². The van der Waals surface area contributed by atoms with Crippen LogP contribution < -0.4 is 4.90 Å². The lowest BCUT2D eigenvalue weighted by Crippen LogP contribution is -2.45. The second kappa shape index (κ2) is 9.16. The van der Waals surface area contributed by atoms with Crippen LogP contribution in [0.3, 0.4) is 0 Å². The first kappa shape index (κ1) is 20.8. The molecule has 0 saturated carbocycles. The van der Waals surface area contributed by atoms with Crippen LogP contribution in [0.15, 0.2) is 60.9 Å². The SMILES string of the molecule is Cc1ccc(N(CC(=O)N2CCCCC2)C(=O)c2ccc(-n3cc(C)cn3)cc2)cc1. The Morgan fingerprint density at radius 2 is 1.58 bits per heavy atom. The third-order valence-electron chi connectivity index (χ3n) is 5.68. The molecule has 2 aromatic carbocycles. The van der Waals surface area contributed by atoms with Gasteiger partial charge in [-0.05, 0) is 75.1 Å². The van der Waals surface area contributed by atoms with Crippen molar-refractivity contribution in [2.45, 2.75) is 33.1 Å². The van der Waals surface area contributed by atoms with E-state index < -0.39 is 0 Å². The molecule has 4 rings (SSSR count). The minimum Gasteiger partial charge on any atom is -0.341 e. The van der Waals surface area contributed by atoms with Gasteiger partial charge in [0.15, 0.2) is 0 Å². The molecule has 0 spiro atoms. The number of benzene rings is 2. The summed E-state index contributed by atoms with van der Waals surface area (Å²) < 4.78 is 1.78. The standard InChI is InChI=1S/C25H28N4O2/c1-19-6-10-22(11-7-19)28(18-24(30)27-14-4-3-5-15-27)25(31)21-8-12-23(13-9-21)29-17-20(2)16-26-29/h6-13,16-17H,3-5,14-15,18H2,1-2H3. The van der Waals surface area contributed by atoms with E-state index in [0.717, 1.165) is 54.9 Å². The average Bonchev–Trinajstić information content (AvgIpc) is 3.24. The number of hydrogen-bond donors (Lipinski definition) is 0. The van der Waals surface area contributed by atoms with Crippen LogP contribution in [0.2, 0.25) is 0 Å². The molecule has 1 saturated heterocycles. The van der Waals surface area contributed by atoms with E-state index in [2.05, 4.69) is 5.10 Å². The Balaban J connectivity index is 1.58. The highest BCUT2D eigenvalue weighted by Crippen LogP contribution is 2.20. The molecular weight excluding hydrogens is 388 g/mol. The number of nitrogens with zero attached hydrogens (tertiary/aromatic N) is 4. The molecule has 0 aliphatic carbocycles. The van der Waals surface area contributed by atoms with E-state index in [4.69, 9.17) is 0 Å². The molecule has 6 heteroatoms. The Morgan fingerprint density at radius 3 is 2.19 bits per heavy atom. The molecule has 0 atom stereocenters. The van der Waals surface area contributed by atoms with Gasteiger partial charge >= 0.3 is 0 Å². The molecule has 1 aliphatic rings. The summed E-state index contributed by atoms with van der Waals surface area (Å²) in [6.45, 7) is 5.58. The monoisotopic (exact) mass is 416 g/mol. The van der Waals surface area contributed by atoms with Crippen molar-refractivity contribution in [1.82, 2.24) is 14.7 Å². The summed E-state index contributed by atoms with van der Waals surface area (Å²) in [7, 11) is 0. The summed E-state index contributed by atoms with van der Waals surface area (Å²) in [6, 6.07) is 15.1. The summed E-state index contributed by atoms with van der Waals surface area (Å²) in [6.07, 6.45) is 6.95. The van der Waals surface area contributed by atoms with Gasteiger partial charge in [0.25, 0.3) is 5.91 Å². The molecule has 160 valence electrons. The Kier molecular flexibility index (Phi) is 6.16. The van der Waals surface area contributed by atoms with Crippen LogP contribution in [0, 0.1) is 13.8 Å². The lowest BCUT2D eigenvalue weighted by atomic mass is 10.1. The zero-order valence-corrected chi connectivity index (χ0v) is 18.1. The molecule has 2 heterocycles. The zero-order valence-electron chi connectivity index (χ0n) is 18.1. The molecule has 0 N–H and O–H groups in total. The van der Waals surface area contributed by atoms with Crippen LogP contribution in [0.4, 0.5) is 5.69 Å². The molecule has 1 aromatic heterocycles. The van der Waals surface area contributed by atoms with Crippen molar-refractivity contribution in [1.29, 1.82) is 0 Å². The molecule has 0 unspecified atom stereocenters. The number of aryl methyl sites for hydroxylation is 2. The Morgan fingerprint density at radius 1 is 0.903 bits per heavy atom. The largest absolute Gasteiger partial charge is 0.341 e. The normalized spacial score (nSPS) is 13.8. The van der Waals surface area contributed by atoms with Crippen LogP contribution in [0.5, 0.6) is 0 Å². The maximum absolute atomic E-state index is 13.4. The highest BCUT2D eigenvalue weighted by molar-refractivity contribution is 6.08. The quantitative estimate of drug-likeness (QED) is 0.628. The summed E-state index contributed by atoms with van der Waals surface area (Å²) in [5.41, 5.74) is 4.34. The minimum absolute atomic E-state index is 0.00254. The highest BCUT2D eigenvalue weighted by Gasteiger charge is 2.24. The van der Waals surface area contributed by atoms with Crippen molar-refractivity contribution in [3.8, 4) is 5.69 Å². The van der Waals surface area contributed by atoms with Crippen molar-refractivity contribution >= 4 is 17.5 Å². The van der Waals surface area contributed by atoms with E-state index in [9.17, 15) is 9.59 Å². The number of rotatable bonds is 5. The molecule has 31 heavy (non-hydrogen) atoms. The number of piperidine rings is 1. The first-order valence-corrected chi connectivity index (χ1v) is 10.8. The van der Waals surface area contributed by atoms with Crippen molar-refractivity contribution in [3.63, 3.8) is 0 Å². The van der Waals surface area contributed by atoms with Gasteiger partial charge in [0, 0.05) is 30.5 Å². The average molecular weight is 417 g/mol. The van der Waals surface area contributed by atoms with E-state index in [0.29, 0.717) is 5.56 Å². The number of carbonyl (C=O) groups excluding carboxylic acids is 2. The molecule has 1 fully saturated rings. The van der Waals surface area contributed by atoms with Crippen LogP contribution in [-0.2, 0) is 4.79 Å². The van der Waals surface area contributed by atoms with Crippen molar-refractivity contribution in [2.75, 3.05) is 24.5 Å². The fourth-order valence-corrected chi connectivity index (χ4v) is 3.85. The molecule has 2 amide bonds. The predicted molar refractivity (Wildman–Crippen MR) is 122 cm³/mol. The van der Waals surface area contributed by atoms with E-state index >= 15 is 0 Å². The molecule has 6 nitrogen and oxygen atoms in total. The lowest BCUT2D eigenvalue weighted by Gasteiger charge is -2.30. The van der Waals surface area contributed by atoms with Gasteiger partial charge < -0.3 is 4.90 Å². The van der Waals surface area contributed by atoms with Crippen LogP contribution in [0.25, 0.3) is 5.69 Å². The molecule has 0 radical (unpaired) electrons. The van der Waals surface area contributed by atoms with Crippen LogP contribution in [-0.4, -0.2) is 46.1 Å². The molecule has 1 aliphatic heterocycles. The van der Waals surface area contributed by atoms with Gasteiger partial charge in [-0.2, -0.15) is 5.10 Å². The number of aromatic nitrogens is 2. The first-order chi connectivity index (χ1) is 15.0. The third-order valence-corrected chi connectivity index (χ3v) is 5.68. The number of amides is 2. The van der Waals surface area contributed by atoms with Gasteiger partial charge in [0.2, 0.25) is 5.91 Å². The van der Waals surface area contributed by atoms with E-state index in [1.807, 2.05) is 61.3 Å². The summed E-state index contributed by atoms with van der Waals surface area (Å²) in [4.78, 5) is 29.8. The van der Waals surface area contributed by atoms with Crippen molar-refractivity contribution in [3.05, 3.63) is 77.6 Å². The fraction of sp³-hybridized carbons (Fsp3) is 0.320. The summed E-state index contributed by atoms with van der Waals surface area (Å²) in [5.74, 6) is -0.185. The van der Waals surface area contributed by atoms with Gasteiger partial charge in [0.1, 0.15) is 6.54 Å². The van der Waals surface area contributed by atoms with E-state index in [1.54, 1.807) is 27.9 Å². The fourth-order valence-electron chi connectivity index (χ4n) is 3.85. The van der Waals surface area contributed by atoms with Crippen molar-refractivity contribution < 1.29 is 9.59 Å². The topological polar surface area (TPSA) is 58.4 Å². The summed E-state index contributed by atoms with van der Waals surface area (Å²) >= 11 is 0. The minimum atomic E-state index is -0.183. The number of hydrogen-bond acceptors (Lipinski definition) is 3. The van der Waals surface area contributed by atoms with Crippen LogP contribution >= 0.6 is 0 Å². The third kappa shape index (κ3) is 4.85. The van der Waals surface area contributed by atoms with Crippen molar-refractivity contribution in [2.24, 2.45) is 0 Å². The maximum Gasteiger partial charge on any atom is 0.258 e. The molecule has 3 aromatic rings. The number of carbonyl (C=O) groups is 2. The Labute approximate surface area is 183 Å². The van der Waals surface area contributed by atoms with Gasteiger partial charge in [-0.1, -0.05) is 17.7 Å². The highest BCUT2D eigenvalue weighted by atomic mass is 16.2. The predicted octanol–water partition coefficient (Wildman–Crippen LogP) is 4.15. The lowest BCUT2D eigenvalue weighted by molar-refractivity contribution is -0.130. The molecular formula is C25H28N4O2. The van der Waals surface area contributed by atoms with Crippen LogP contribution in [0.1, 0.15) is 40.7 Å². The Hall–Kier alpha value is -3.41. The number of likely N-dealkylation sites (tertiary alicyclic amines) is 1.